The smallest absolute Gasteiger partial charge is 0.134 e. The van der Waals surface area contributed by atoms with Gasteiger partial charge in [-0.25, -0.2) is 13.2 Å². The third kappa shape index (κ3) is 4.85. The van der Waals surface area contributed by atoms with Gasteiger partial charge in [-0.15, -0.1) is 0 Å². The van der Waals surface area contributed by atoms with E-state index in [9.17, 15) is 8.78 Å². The van der Waals surface area contributed by atoms with Gasteiger partial charge in [0.05, 0.1) is 12.7 Å². The van der Waals surface area contributed by atoms with Gasteiger partial charge in [0.25, 0.3) is 0 Å². The van der Waals surface area contributed by atoms with Gasteiger partial charge in [-0.05, 0) is 26.8 Å². The van der Waals surface area contributed by atoms with E-state index in [-0.39, 0.29) is 43.1 Å². The summed E-state index contributed by atoms with van der Waals surface area (Å²) in [5.74, 6) is -0.665. The molecule has 0 bridgehead atoms. The molecule has 0 N–H and O–H groups in total. The van der Waals surface area contributed by atoms with Crippen LogP contribution in [0.15, 0.2) is 40.8 Å². The summed E-state index contributed by atoms with van der Waals surface area (Å²) in [6.07, 6.45) is 0.515. The highest BCUT2D eigenvalue weighted by Gasteiger charge is 2.42. The van der Waals surface area contributed by atoms with Crippen molar-refractivity contribution in [1.82, 2.24) is 9.80 Å². The summed E-state index contributed by atoms with van der Waals surface area (Å²) in [6.45, 7) is 6.68. The van der Waals surface area contributed by atoms with Crippen molar-refractivity contribution in [3.63, 3.8) is 0 Å². The van der Waals surface area contributed by atoms with Crippen LogP contribution >= 0.6 is 0 Å². The lowest BCUT2D eigenvalue weighted by atomic mass is 9.86. The molecule has 0 saturated carbocycles. The second kappa shape index (κ2) is 9.71. The van der Waals surface area contributed by atoms with E-state index >= 15 is 8.78 Å². The second-order valence-corrected chi connectivity index (χ2v) is 10.7. The summed E-state index contributed by atoms with van der Waals surface area (Å²) in [7, 11) is 0. The molecular weight excluding hydrogens is 472 g/mol. The highest BCUT2D eigenvalue weighted by Crippen LogP contribution is 2.45. The summed E-state index contributed by atoms with van der Waals surface area (Å²) in [4.78, 5) is 3.87. The van der Waals surface area contributed by atoms with E-state index in [0.717, 1.165) is 5.39 Å². The van der Waals surface area contributed by atoms with E-state index in [2.05, 4.69) is 0 Å². The number of fused-ring (bicyclic) bond motifs is 3. The van der Waals surface area contributed by atoms with Crippen molar-refractivity contribution in [1.29, 1.82) is 0 Å². The fourth-order valence-electron chi connectivity index (χ4n) is 5.52. The van der Waals surface area contributed by atoms with Crippen LogP contribution in [0.2, 0.25) is 0 Å². The number of para-hydroxylation sites is 1. The van der Waals surface area contributed by atoms with Crippen LogP contribution in [-0.2, 0) is 6.42 Å². The standard InChI is InChI=1S/C28H32F4N2O2/c1-17-10-24-25(20-6-4-5-7-23(20)36-24)27(34(17)16-28(2,3)32)26-21(30)11-19(12-22(26)31)35-9-8-33-14-18(13-29)15-33/h4-7,11-12,17-18,27H,8-10,13-16H2,1-3H3/t17-,27+/m1/s1. The van der Waals surface area contributed by atoms with Crippen LogP contribution in [-0.4, -0.2) is 61.0 Å². The minimum atomic E-state index is -1.57. The molecule has 5 rings (SSSR count). The molecule has 0 radical (unpaired) electrons. The fraction of sp³-hybridized carbons (Fsp3) is 0.500. The topological polar surface area (TPSA) is 28.9 Å². The number of hydrogen-bond acceptors (Lipinski definition) is 4. The van der Waals surface area contributed by atoms with Crippen molar-refractivity contribution in [3.8, 4) is 5.75 Å². The molecule has 2 aromatic carbocycles. The number of furan rings is 1. The van der Waals surface area contributed by atoms with E-state index < -0.39 is 23.3 Å². The Morgan fingerprint density at radius 2 is 1.78 bits per heavy atom. The van der Waals surface area contributed by atoms with Crippen molar-refractivity contribution < 1.29 is 26.7 Å². The van der Waals surface area contributed by atoms with E-state index in [1.54, 1.807) is 0 Å². The van der Waals surface area contributed by atoms with Crippen LogP contribution in [0.5, 0.6) is 5.75 Å². The Labute approximate surface area is 208 Å². The molecule has 2 aliphatic heterocycles. The number of hydrogen-bond donors (Lipinski definition) is 0. The van der Waals surface area contributed by atoms with Gasteiger partial charge < -0.3 is 9.15 Å². The Balaban J connectivity index is 1.48. The first-order valence-electron chi connectivity index (χ1n) is 12.5. The molecule has 8 heteroatoms. The first kappa shape index (κ1) is 25.1. The summed E-state index contributed by atoms with van der Waals surface area (Å²) < 4.78 is 70.6. The normalized spacial score (nSPS) is 21.5. The summed E-state index contributed by atoms with van der Waals surface area (Å²) in [6, 6.07) is 8.74. The second-order valence-electron chi connectivity index (χ2n) is 10.7. The minimum Gasteiger partial charge on any atom is -0.492 e. The zero-order valence-electron chi connectivity index (χ0n) is 20.9. The van der Waals surface area contributed by atoms with Crippen molar-refractivity contribution in [2.75, 3.05) is 39.5 Å². The molecule has 1 fully saturated rings. The van der Waals surface area contributed by atoms with Crippen molar-refractivity contribution >= 4 is 11.0 Å². The van der Waals surface area contributed by atoms with E-state index in [0.29, 0.717) is 43.0 Å². The zero-order chi connectivity index (χ0) is 25.6. The molecule has 194 valence electrons. The Morgan fingerprint density at radius 3 is 2.44 bits per heavy atom. The molecule has 2 atom stereocenters. The van der Waals surface area contributed by atoms with Crippen molar-refractivity contribution in [3.05, 3.63) is 64.9 Å². The highest BCUT2D eigenvalue weighted by atomic mass is 19.1. The number of alkyl halides is 2. The van der Waals surface area contributed by atoms with E-state index in [4.69, 9.17) is 9.15 Å². The Morgan fingerprint density at radius 1 is 1.08 bits per heavy atom. The van der Waals surface area contributed by atoms with E-state index in [1.807, 2.05) is 41.0 Å². The third-order valence-corrected chi connectivity index (χ3v) is 7.17. The molecule has 3 heterocycles. The first-order chi connectivity index (χ1) is 17.1. The lowest BCUT2D eigenvalue weighted by Gasteiger charge is -2.42. The van der Waals surface area contributed by atoms with Gasteiger partial charge in [0.2, 0.25) is 0 Å². The largest absolute Gasteiger partial charge is 0.492 e. The van der Waals surface area contributed by atoms with Crippen molar-refractivity contribution in [2.24, 2.45) is 5.92 Å². The molecule has 3 aromatic rings. The maximum Gasteiger partial charge on any atom is 0.134 e. The molecule has 36 heavy (non-hydrogen) atoms. The number of rotatable bonds is 8. The Hall–Kier alpha value is -2.58. The fourth-order valence-corrected chi connectivity index (χ4v) is 5.52. The van der Waals surface area contributed by atoms with Gasteiger partial charge in [0.1, 0.15) is 41.0 Å². The molecule has 0 aliphatic carbocycles. The van der Waals surface area contributed by atoms with E-state index in [1.165, 1.54) is 26.0 Å². The van der Waals surface area contributed by atoms with Crippen LogP contribution < -0.4 is 4.74 Å². The van der Waals surface area contributed by atoms with Crippen LogP contribution in [0.25, 0.3) is 11.0 Å². The quantitative estimate of drug-likeness (QED) is 0.348. The van der Waals surface area contributed by atoms with Crippen molar-refractivity contribution in [2.45, 2.75) is 44.9 Å². The van der Waals surface area contributed by atoms with Crippen LogP contribution in [0, 0.1) is 17.6 Å². The number of likely N-dealkylation sites (tertiary alicyclic amines) is 1. The molecule has 1 saturated heterocycles. The molecule has 1 aromatic heterocycles. The average Bonchev–Trinajstić information content (AvgIpc) is 3.13. The third-order valence-electron chi connectivity index (χ3n) is 7.17. The summed E-state index contributed by atoms with van der Waals surface area (Å²) >= 11 is 0. The maximum absolute atomic E-state index is 15.7. The van der Waals surface area contributed by atoms with Crippen LogP contribution in [0.3, 0.4) is 0 Å². The van der Waals surface area contributed by atoms with Gasteiger partial charge in [0.15, 0.2) is 0 Å². The van der Waals surface area contributed by atoms with Gasteiger partial charge in [-0.1, -0.05) is 18.2 Å². The SMILES string of the molecule is C[C@@H]1Cc2oc3ccccc3c2[C@@H](c2c(F)cc(OCCN3CC(CF)C3)cc2F)N1CC(C)(C)F. The molecule has 2 aliphatic rings. The number of ether oxygens (including phenoxy) is 1. The summed E-state index contributed by atoms with van der Waals surface area (Å²) in [5, 5.41) is 0.770. The lowest BCUT2D eigenvalue weighted by molar-refractivity contribution is 0.0619. The summed E-state index contributed by atoms with van der Waals surface area (Å²) in [5.41, 5.74) is -0.390. The highest BCUT2D eigenvalue weighted by molar-refractivity contribution is 5.83. The average molecular weight is 505 g/mol. The minimum absolute atomic E-state index is 0.00458. The first-order valence-corrected chi connectivity index (χ1v) is 12.5. The number of nitrogens with zero attached hydrogens (tertiary/aromatic N) is 2. The molecule has 0 amide bonds. The van der Waals surface area contributed by atoms with Gasteiger partial charge >= 0.3 is 0 Å². The molecule has 0 spiro atoms. The Bertz CT molecular complexity index is 1210. The zero-order valence-corrected chi connectivity index (χ0v) is 20.9. The predicted molar refractivity (Wildman–Crippen MR) is 131 cm³/mol. The van der Waals surface area contributed by atoms with Gasteiger partial charge in [-0.2, -0.15) is 0 Å². The van der Waals surface area contributed by atoms with Crippen LogP contribution in [0.4, 0.5) is 17.6 Å². The molecule has 0 unspecified atom stereocenters. The number of benzene rings is 2. The predicted octanol–water partition coefficient (Wildman–Crippen LogP) is 6.08. The Kier molecular flexibility index (Phi) is 6.76. The van der Waals surface area contributed by atoms with Gasteiger partial charge in [-0.3, -0.25) is 14.2 Å². The lowest BCUT2D eigenvalue weighted by Crippen LogP contribution is -2.49. The maximum atomic E-state index is 15.7. The van der Waals surface area contributed by atoms with Gasteiger partial charge in [0, 0.05) is 73.2 Å². The number of halogens is 4. The molecule has 4 nitrogen and oxygen atoms in total. The monoisotopic (exact) mass is 504 g/mol. The molecular formula is C28H32F4N2O2. The van der Waals surface area contributed by atoms with Crippen LogP contribution in [0.1, 0.15) is 43.7 Å².